The Kier molecular flexibility index (Phi) is 7.98. The van der Waals surface area contributed by atoms with Crippen LogP contribution in [0.4, 0.5) is 5.69 Å². The van der Waals surface area contributed by atoms with E-state index in [1.54, 1.807) is 26.0 Å². The van der Waals surface area contributed by atoms with Crippen LogP contribution in [0.1, 0.15) is 50.7 Å². The molecule has 0 aliphatic rings. The number of pyridine rings is 1. The monoisotopic (exact) mass is 460 g/mol. The number of aromatic hydroxyl groups is 1. The SMILES string of the molecule is CC(C)(C)NCC(=O)C(C)(C)NC(=O)c1cc(NC(=O)Cc2c(O)cccc2Cl)ccn1. The van der Waals surface area contributed by atoms with Gasteiger partial charge in [0, 0.05) is 28.0 Å². The number of hydrogen-bond acceptors (Lipinski definition) is 6. The molecule has 0 saturated heterocycles. The third-order valence-corrected chi connectivity index (χ3v) is 4.96. The molecular weight excluding hydrogens is 432 g/mol. The Morgan fingerprint density at radius 3 is 2.41 bits per heavy atom. The molecule has 0 spiro atoms. The summed E-state index contributed by atoms with van der Waals surface area (Å²) < 4.78 is 0. The largest absolute Gasteiger partial charge is 0.508 e. The zero-order chi connectivity index (χ0) is 24.1. The van der Waals surface area contributed by atoms with Crippen LogP contribution in [0.15, 0.2) is 36.5 Å². The van der Waals surface area contributed by atoms with E-state index >= 15 is 0 Å². The summed E-state index contributed by atoms with van der Waals surface area (Å²) in [7, 11) is 0. The van der Waals surface area contributed by atoms with Crippen LogP contribution in [0.25, 0.3) is 0 Å². The van der Waals surface area contributed by atoms with Crippen molar-refractivity contribution in [3.05, 3.63) is 52.8 Å². The number of benzene rings is 1. The van der Waals surface area contributed by atoms with Crippen LogP contribution in [0.3, 0.4) is 0 Å². The molecule has 0 fully saturated rings. The van der Waals surface area contributed by atoms with Crippen LogP contribution < -0.4 is 16.0 Å². The van der Waals surface area contributed by atoms with Crippen molar-refractivity contribution in [2.24, 2.45) is 0 Å². The summed E-state index contributed by atoms with van der Waals surface area (Å²) in [4.78, 5) is 41.6. The van der Waals surface area contributed by atoms with E-state index in [1.165, 1.54) is 24.4 Å². The van der Waals surface area contributed by atoms with Gasteiger partial charge in [-0.3, -0.25) is 19.4 Å². The van der Waals surface area contributed by atoms with Gasteiger partial charge < -0.3 is 21.1 Å². The molecule has 172 valence electrons. The molecule has 0 aliphatic heterocycles. The zero-order valence-electron chi connectivity index (χ0n) is 18.9. The number of phenolic OH excluding ortho intramolecular Hbond substituents is 1. The number of Topliss-reactive ketones (excluding diaryl/α,β-unsaturated/α-hetero) is 1. The highest BCUT2D eigenvalue weighted by Crippen LogP contribution is 2.26. The van der Waals surface area contributed by atoms with Crippen LogP contribution in [0.2, 0.25) is 5.02 Å². The van der Waals surface area contributed by atoms with Crippen LogP contribution in [0.5, 0.6) is 5.75 Å². The average molecular weight is 461 g/mol. The molecule has 0 saturated carbocycles. The van der Waals surface area contributed by atoms with Gasteiger partial charge in [0.25, 0.3) is 5.91 Å². The maximum atomic E-state index is 12.7. The predicted octanol–water partition coefficient (Wildman–Crippen LogP) is 3.09. The van der Waals surface area contributed by atoms with E-state index in [4.69, 9.17) is 11.6 Å². The first-order chi connectivity index (χ1) is 14.8. The Hall–Kier alpha value is -2.97. The molecular formula is C23H29ClN4O4. The summed E-state index contributed by atoms with van der Waals surface area (Å²) in [6.45, 7) is 9.20. The lowest BCUT2D eigenvalue weighted by molar-refractivity contribution is -0.123. The number of carbonyl (C=O) groups excluding carboxylic acids is 3. The Bertz CT molecular complexity index is 995. The number of hydrogen-bond donors (Lipinski definition) is 4. The van der Waals surface area contributed by atoms with Crippen molar-refractivity contribution in [1.82, 2.24) is 15.6 Å². The number of nitrogens with one attached hydrogen (secondary N) is 3. The highest BCUT2D eigenvalue weighted by Gasteiger charge is 2.30. The molecule has 32 heavy (non-hydrogen) atoms. The average Bonchev–Trinajstić information content (AvgIpc) is 2.68. The molecule has 2 aromatic rings. The Balaban J connectivity index is 2.04. The van der Waals surface area contributed by atoms with Gasteiger partial charge in [-0.05, 0) is 58.9 Å². The maximum absolute atomic E-state index is 12.7. The highest BCUT2D eigenvalue weighted by molar-refractivity contribution is 6.31. The summed E-state index contributed by atoms with van der Waals surface area (Å²) in [6.07, 6.45) is 1.24. The first-order valence-corrected chi connectivity index (χ1v) is 10.5. The van der Waals surface area contributed by atoms with Crippen molar-refractivity contribution in [2.45, 2.75) is 52.1 Å². The van der Waals surface area contributed by atoms with Gasteiger partial charge >= 0.3 is 0 Å². The fourth-order valence-corrected chi connectivity index (χ4v) is 2.94. The van der Waals surface area contributed by atoms with Crippen molar-refractivity contribution >= 4 is 34.9 Å². The molecule has 0 radical (unpaired) electrons. The fourth-order valence-electron chi connectivity index (χ4n) is 2.70. The second-order valence-corrected chi connectivity index (χ2v) is 9.41. The fraction of sp³-hybridized carbons (Fsp3) is 0.391. The van der Waals surface area contributed by atoms with Gasteiger partial charge in [0.05, 0.1) is 18.5 Å². The number of nitrogens with zero attached hydrogens (tertiary/aromatic N) is 1. The van der Waals surface area contributed by atoms with Gasteiger partial charge in [-0.15, -0.1) is 0 Å². The number of aromatic nitrogens is 1. The summed E-state index contributed by atoms with van der Waals surface area (Å²) >= 11 is 6.04. The molecule has 0 atom stereocenters. The number of ketones is 1. The number of rotatable bonds is 8. The smallest absolute Gasteiger partial charge is 0.270 e. The molecule has 0 bridgehead atoms. The molecule has 0 aliphatic carbocycles. The quantitative estimate of drug-likeness (QED) is 0.480. The Labute approximate surface area is 192 Å². The molecule has 8 nitrogen and oxygen atoms in total. The molecule has 2 amide bonds. The third-order valence-electron chi connectivity index (χ3n) is 4.61. The number of halogens is 1. The van der Waals surface area contributed by atoms with E-state index in [-0.39, 0.29) is 40.8 Å². The second-order valence-electron chi connectivity index (χ2n) is 9.00. The van der Waals surface area contributed by atoms with Crippen LogP contribution in [-0.2, 0) is 16.0 Å². The maximum Gasteiger partial charge on any atom is 0.270 e. The molecule has 1 aromatic heterocycles. The zero-order valence-corrected chi connectivity index (χ0v) is 19.6. The van der Waals surface area contributed by atoms with Gasteiger partial charge in [-0.25, -0.2) is 0 Å². The number of carbonyl (C=O) groups is 3. The van der Waals surface area contributed by atoms with E-state index in [0.29, 0.717) is 11.3 Å². The molecule has 9 heteroatoms. The third kappa shape index (κ3) is 7.32. The van der Waals surface area contributed by atoms with Gasteiger partial charge in [0.2, 0.25) is 5.91 Å². The van der Waals surface area contributed by atoms with Gasteiger partial charge in [-0.2, -0.15) is 0 Å². The number of amides is 2. The highest BCUT2D eigenvalue weighted by atomic mass is 35.5. The van der Waals surface area contributed by atoms with Crippen LogP contribution in [-0.4, -0.2) is 45.3 Å². The molecule has 4 N–H and O–H groups in total. The minimum atomic E-state index is -1.11. The van der Waals surface area contributed by atoms with Gasteiger partial charge in [0.15, 0.2) is 5.78 Å². The lowest BCUT2D eigenvalue weighted by atomic mass is 9.97. The molecule has 2 rings (SSSR count). The predicted molar refractivity (Wildman–Crippen MR) is 124 cm³/mol. The van der Waals surface area contributed by atoms with Gasteiger partial charge in [-0.1, -0.05) is 17.7 Å². The topological polar surface area (TPSA) is 120 Å². The lowest BCUT2D eigenvalue weighted by Gasteiger charge is -2.27. The van der Waals surface area contributed by atoms with E-state index in [9.17, 15) is 19.5 Å². The first kappa shape index (κ1) is 25.3. The molecule has 0 unspecified atom stereocenters. The van der Waals surface area contributed by atoms with Gasteiger partial charge in [0.1, 0.15) is 11.4 Å². The van der Waals surface area contributed by atoms with Crippen molar-refractivity contribution in [3.8, 4) is 5.75 Å². The van der Waals surface area contributed by atoms with E-state index in [1.807, 2.05) is 20.8 Å². The molecule has 1 aromatic carbocycles. The lowest BCUT2D eigenvalue weighted by Crippen LogP contribution is -2.54. The minimum Gasteiger partial charge on any atom is -0.508 e. The van der Waals surface area contributed by atoms with E-state index < -0.39 is 17.4 Å². The van der Waals surface area contributed by atoms with Crippen molar-refractivity contribution in [2.75, 3.05) is 11.9 Å². The summed E-state index contributed by atoms with van der Waals surface area (Å²) in [5.41, 5.74) is -0.640. The number of phenols is 1. The summed E-state index contributed by atoms with van der Waals surface area (Å²) in [6, 6.07) is 7.55. The minimum absolute atomic E-state index is 0.0491. The van der Waals surface area contributed by atoms with E-state index in [2.05, 4.69) is 20.9 Å². The van der Waals surface area contributed by atoms with E-state index in [0.717, 1.165) is 0 Å². The van der Waals surface area contributed by atoms with Crippen molar-refractivity contribution in [1.29, 1.82) is 0 Å². The van der Waals surface area contributed by atoms with Crippen LogP contribution in [0, 0.1) is 0 Å². The number of anilines is 1. The van der Waals surface area contributed by atoms with Crippen molar-refractivity contribution in [3.63, 3.8) is 0 Å². The Morgan fingerprint density at radius 1 is 1.09 bits per heavy atom. The normalized spacial score (nSPS) is 11.7. The first-order valence-electron chi connectivity index (χ1n) is 10.1. The molecule has 1 heterocycles. The Morgan fingerprint density at radius 2 is 1.78 bits per heavy atom. The van der Waals surface area contributed by atoms with Crippen LogP contribution >= 0.6 is 11.6 Å². The standard InChI is InChI=1S/C23H29ClN4O4/c1-22(2,3)26-13-19(30)23(4,5)28-21(32)17-11-14(9-10-25-17)27-20(31)12-15-16(24)7-6-8-18(15)29/h6-11,26,29H,12-13H2,1-5H3,(H,28,32)(H,25,27,31). The second kappa shape index (κ2) is 10.1. The summed E-state index contributed by atoms with van der Waals surface area (Å²) in [5.74, 6) is -1.21. The summed E-state index contributed by atoms with van der Waals surface area (Å²) in [5, 5.41) is 18.6. The van der Waals surface area contributed by atoms with Crippen molar-refractivity contribution < 1.29 is 19.5 Å².